The van der Waals surface area contributed by atoms with E-state index in [1.807, 2.05) is 0 Å². The van der Waals surface area contributed by atoms with Gasteiger partial charge in [0.2, 0.25) is 5.91 Å². The predicted octanol–water partition coefficient (Wildman–Crippen LogP) is 2.50. The van der Waals surface area contributed by atoms with Crippen molar-refractivity contribution in [2.75, 3.05) is 12.4 Å². The van der Waals surface area contributed by atoms with Crippen LogP contribution in [0.2, 0.25) is 5.02 Å². The molecule has 0 fully saturated rings. The summed E-state index contributed by atoms with van der Waals surface area (Å²) in [4.78, 5) is 22.6. The Balaban J connectivity index is 2.81. The first-order valence-corrected chi connectivity index (χ1v) is 6.10. The summed E-state index contributed by atoms with van der Waals surface area (Å²) >= 11 is 5.87. The third kappa shape index (κ3) is 4.47. The van der Waals surface area contributed by atoms with Crippen LogP contribution in [-0.2, 0) is 4.79 Å². The number of carbonyl (C=O) groups excluding carboxylic acids is 1. The van der Waals surface area contributed by atoms with Crippen LogP contribution >= 0.6 is 11.6 Å². The van der Waals surface area contributed by atoms with E-state index in [1.165, 1.54) is 13.2 Å². The Hall–Kier alpha value is -2.21. The van der Waals surface area contributed by atoms with Gasteiger partial charge in [0, 0.05) is 11.8 Å². The number of hydrogen-bond donors (Lipinski definition) is 3. The van der Waals surface area contributed by atoms with E-state index in [1.54, 1.807) is 18.2 Å². The summed E-state index contributed by atoms with van der Waals surface area (Å²) in [6.45, 7) is 3.49. The highest BCUT2D eigenvalue weighted by Gasteiger charge is 2.19. The Morgan fingerprint density at radius 1 is 1.55 bits per heavy atom. The monoisotopic (exact) mass is 298 g/mol. The fourth-order valence-corrected chi connectivity index (χ4v) is 1.71. The molecule has 1 aromatic carbocycles. The average Bonchev–Trinajstić information content (AvgIpc) is 2.40. The molecule has 0 spiro atoms. The van der Waals surface area contributed by atoms with Gasteiger partial charge in [-0.25, -0.2) is 4.79 Å². The summed E-state index contributed by atoms with van der Waals surface area (Å²) < 4.78 is 5.03. The topological polar surface area (TPSA) is 87.7 Å². The van der Waals surface area contributed by atoms with E-state index in [4.69, 9.17) is 21.4 Å². The molecule has 3 N–H and O–H groups in total. The number of benzene rings is 1. The van der Waals surface area contributed by atoms with Gasteiger partial charge in [-0.05, 0) is 18.6 Å². The summed E-state index contributed by atoms with van der Waals surface area (Å²) in [7, 11) is 1.46. The second-order valence-corrected chi connectivity index (χ2v) is 4.27. The molecule has 6 nitrogen and oxygen atoms in total. The number of hydrogen-bond acceptors (Lipinski definition) is 3. The standard InChI is InChI=1S/C13H15ClN2O4/c1-3-4-10(16-13(18)19)12(17)15-8-5-6-9(14)11(7-8)20-2/h3,5-7,10,16H,1,4H2,2H3,(H,15,17)(H,18,19). The highest BCUT2D eigenvalue weighted by molar-refractivity contribution is 6.32. The molecule has 0 aliphatic carbocycles. The molecule has 0 aromatic heterocycles. The summed E-state index contributed by atoms with van der Waals surface area (Å²) in [5, 5.41) is 13.8. The third-order valence-corrected chi connectivity index (χ3v) is 2.75. The molecule has 20 heavy (non-hydrogen) atoms. The molecule has 0 saturated heterocycles. The van der Waals surface area contributed by atoms with Crippen molar-refractivity contribution in [2.45, 2.75) is 12.5 Å². The number of anilines is 1. The van der Waals surface area contributed by atoms with Gasteiger partial charge in [0.1, 0.15) is 11.8 Å². The van der Waals surface area contributed by atoms with Gasteiger partial charge in [-0.1, -0.05) is 17.7 Å². The van der Waals surface area contributed by atoms with Crippen molar-refractivity contribution in [1.82, 2.24) is 5.32 Å². The van der Waals surface area contributed by atoms with Gasteiger partial charge in [-0.2, -0.15) is 0 Å². The first-order chi connectivity index (χ1) is 9.47. The van der Waals surface area contributed by atoms with Crippen molar-refractivity contribution in [3.8, 4) is 5.75 Å². The quantitative estimate of drug-likeness (QED) is 0.704. The minimum Gasteiger partial charge on any atom is -0.495 e. The zero-order valence-corrected chi connectivity index (χ0v) is 11.6. The lowest BCUT2D eigenvalue weighted by molar-refractivity contribution is -0.118. The molecule has 1 aromatic rings. The SMILES string of the molecule is C=CCC(NC(=O)O)C(=O)Nc1ccc(Cl)c(OC)c1. The van der Waals surface area contributed by atoms with E-state index in [0.29, 0.717) is 16.5 Å². The van der Waals surface area contributed by atoms with Gasteiger partial charge < -0.3 is 20.5 Å². The lowest BCUT2D eigenvalue weighted by atomic mass is 10.2. The van der Waals surface area contributed by atoms with Gasteiger partial charge >= 0.3 is 6.09 Å². The van der Waals surface area contributed by atoms with Crippen molar-refractivity contribution >= 4 is 29.3 Å². The van der Waals surface area contributed by atoms with Gasteiger partial charge in [0.05, 0.1) is 12.1 Å². The zero-order chi connectivity index (χ0) is 15.1. The third-order valence-electron chi connectivity index (χ3n) is 2.44. The second kappa shape index (κ2) is 7.40. The van der Waals surface area contributed by atoms with E-state index < -0.39 is 18.0 Å². The van der Waals surface area contributed by atoms with Crippen molar-refractivity contribution < 1.29 is 19.4 Å². The molecule has 2 amide bonds. The second-order valence-electron chi connectivity index (χ2n) is 3.87. The van der Waals surface area contributed by atoms with E-state index >= 15 is 0 Å². The molecule has 0 aliphatic heterocycles. The van der Waals surface area contributed by atoms with Crippen LogP contribution in [0.25, 0.3) is 0 Å². The molecule has 0 radical (unpaired) electrons. The average molecular weight is 299 g/mol. The number of carbonyl (C=O) groups is 2. The number of methoxy groups -OCH3 is 1. The van der Waals surface area contributed by atoms with E-state index in [9.17, 15) is 9.59 Å². The highest BCUT2D eigenvalue weighted by Crippen LogP contribution is 2.27. The van der Waals surface area contributed by atoms with Crippen LogP contribution in [0.5, 0.6) is 5.75 Å². The summed E-state index contributed by atoms with van der Waals surface area (Å²) in [5.74, 6) is -0.0763. The number of halogens is 1. The van der Waals surface area contributed by atoms with Crippen molar-refractivity contribution in [3.05, 3.63) is 35.9 Å². The molecule has 1 rings (SSSR count). The predicted molar refractivity (Wildman–Crippen MR) is 76.4 cm³/mol. The Kier molecular flexibility index (Phi) is 5.86. The minimum atomic E-state index is -1.28. The summed E-state index contributed by atoms with van der Waals surface area (Å²) in [5.41, 5.74) is 0.456. The van der Waals surface area contributed by atoms with E-state index in [-0.39, 0.29) is 6.42 Å². The van der Waals surface area contributed by atoms with Crippen molar-refractivity contribution in [3.63, 3.8) is 0 Å². The number of nitrogens with one attached hydrogen (secondary N) is 2. The first-order valence-electron chi connectivity index (χ1n) is 5.72. The molecular weight excluding hydrogens is 284 g/mol. The van der Waals surface area contributed by atoms with Crippen LogP contribution in [0, 0.1) is 0 Å². The summed E-state index contributed by atoms with van der Waals surface area (Å²) in [6, 6.07) is 3.80. The number of ether oxygens (including phenoxy) is 1. The fourth-order valence-electron chi connectivity index (χ4n) is 1.51. The molecular formula is C13H15ClN2O4. The molecule has 0 aliphatic rings. The van der Waals surface area contributed by atoms with E-state index in [2.05, 4.69) is 17.2 Å². The molecule has 1 atom stereocenters. The van der Waals surface area contributed by atoms with Gasteiger partial charge in [-0.15, -0.1) is 6.58 Å². The largest absolute Gasteiger partial charge is 0.495 e. The molecule has 7 heteroatoms. The van der Waals surface area contributed by atoms with Gasteiger partial charge in [0.15, 0.2) is 0 Å². The molecule has 0 bridgehead atoms. The maximum Gasteiger partial charge on any atom is 0.405 e. The van der Waals surface area contributed by atoms with E-state index in [0.717, 1.165) is 0 Å². The van der Waals surface area contributed by atoms with Crippen molar-refractivity contribution in [1.29, 1.82) is 0 Å². The minimum absolute atomic E-state index is 0.183. The van der Waals surface area contributed by atoms with Crippen LogP contribution in [0.4, 0.5) is 10.5 Å². The zero-order valence-electron chi connectivity index (χ0n) is 10.9. The summed E-state index contributed by atoms with van der Waals surface area (Å²) in [6.07, 6.45) is 0.367. The lowest BCUT2D eigenvalue weighted by Crippen LogP contribution is -2.42. The number of rotatable bonds is 6. The van der Waals surface area contributed by atoms with Crippen LogP contribution < -0.4 is 15.4 Å². The number of amides is 2. The smallest absolute Gasteiger partial charge is 0.405 e. The van der Waals surface area contributed by atoms with Crippen LogP contribution in [0.15, 0.2) is 30.9 Å². The van der Waals surface area contributed by atoms with Crippen molar-refractivity contribution in [2.24, 2.45) is 0 Å². The Bertz CT molecular complexity index is 519. The first kappa shape index (κ1) is 15.8. The maximum absolute atomic E-state index is 12.0. The van der Waals surface area contributed by atoms with Crippen LogP contribution in [-0.4, -0.2) is 30.3 Å². The van der Waals surface area contributed by atoms with Crippen LogP contribution in [0.1, 0.15) is 6.42 Å². The van der Waals surface area contributed by atoms with Gasteiger partial charge in [-0.3, -0.25) is 4.79 Å². The van der Waals surface area contributed by atoms with Gasteiger partial charge in [0.25, 0.3) is 0 Å². The molecule has 0 saturated carbocycles. The molecule has 108 valence electrons. The molecule has 0 heterocycles. The Morgan fingerprint density at radius 2 is 2.25 bits per heavy atom. The Labute approximate surface area is 121 Å². The molecule has 1 unspecified atom stereocenters. The number of carboxylic acid groups (broad SMARTS) is 1. The van der Waals surface area contributed by atoms with Crippen LogP contribution in [0.3, 0.4) is 0 Å². The highest BCUT2D eigenvalue weighted by atomic mass is 35.5. The maximum atomic E-state index is 12.0. The fraction of sp³-hybridized carbons (Fsp3) is 0.231. The Morgan fingerprint density at radius 3 is 2.80 bits per heavy atom. The normalized spacial score (nSPS) is 11.3. The lowest BCUT2D eigenvalue weighted by Gasteiger charge is -2.15.